The first-order valence-electron chi connectivity index (χ1n) is 1.93. The summed E-state index contributed by atoms with van der Waals surface area (Å²) < 4.78 is 8.74. The summed E-state index contributed by atoms with van der Waals surface area (Å²) in [4.78, 5) is 16.9. The topological polar surface area (TPSA) is 58.9 Å². The molecule has 7 heavy (non-hydrogen) atoms. The Bertz CT molecular complexity index is 64.1. The summed E-state index contributed by atoms with van der Waals surface area (Å²) in [6, 6.07) is 0. The summed E-state index contributed by atoms with van der Waals surface area (Å²) in [5.41, 5.74) is 0. The number of hydrogen-bond acceptors (Lipinski definition) is 4. The van der Waals surface area contributed by atoms with E-state index in [-0.39, 0.29) is 0 Å². The molecule has 0 aliphatic carbocycles. The Labute approximate surface area is 41.3 Å². The van der Waals surface area contributed by atoms with Gasteiger partial charge >= 0.3 is 40.2 Å². The summed E-state index contributed by atoms with van der Waals surface area (Å²) in [5.74, 6) is 0. The molecule has 0 radical (unpaired) electrons. The van der Waals surface area contributed by atoms with E-state index in [1.807, 2.05) is 0 Å². The first-order valence-corrected chi connectivity index (χ1v) is 3.64. The molecule has 0 aromatic heterocycles. The Morgan fingerprint density at radius 2 is 1.57 bits per heavy atom. The molecule has 2 N–H and O–H groups in total. The van der Waals surface area contributed by atoms with E-state index in [0.717, 1.165) is 0 Å². The van der Waals surface area contributed by atoms with Gasteiger partial charge in [-0.15, -0.1) is 0 Å². The average molecular weight is 126 g/mol. The summed E-state index contributed by atoms with van der Waals surface area (Å²) in [6.45, 7) is 0.610. The van der Waals surface area contributed by atoms with Gasteiger partial charge in [0.2, 0.25) is 0 Å². The van der Waals surface area contributed by atoms with Crippen LogP contribution in [0.15, 0.2) is 0 Å². The van der Waals surface area contributed by atoms with E-state index in [4.69, 9.17) is 9.79 Å². The van der Waals surface area contributed by atoms with Crippen LogP contribution in [0.1, 0.15) is 0 Å². The normalized spacial score (nSPS) is 32.9. The van der Waals surface area contributed by atoms with Crippen molar-refractivity contribution < 1.29 is 18.8 Å². The Balaban J connectivity index is 2.40. The molecule has 1 rings (SSSR count). The first-order chi connectivity index (χ1) is 3.21. The van der Waals surface area contributed by atoms with E-state index in [1.165, 1.54) is 0 Å². The Morgan fingerprint density at radius 3 is 1.71 bits per heavy atom. The molecule has 4 nitrogen and oxygen atoms in total. The van der Waals surface area contributed by atoms with Crippen molar-refractivity contribution in [1.82, 2.24) is 0 Å². The van der Waals surface area contributed by atoms with Gasteiger partial charge in [0.15, 0.2) is 0 Å². The van der Waals surface area contributed by atoms with Crippen LogP contribution in [0.4, 0.5) is 0 Å². The third-order valence-electron chi connectivity index (χ3n) is 0.664. The van der Waals surface area contributed by atoms with Gasteiger partial charge in [-0.25, -0.2) is 0 Å². The fourth-order valence-electron chi connectivity index (χ4n) is 0.391. The number of rotatable bonds is 0. The summed E-state index contributed by atoms with van der Waals surface area (Å²) in [7, 11) is -3.54. The zero-order chi connectivity index (χ0) is 5.33. The van der Waals surface area contributed by atoms with Crippen molar-refractivity contribution in [1.29, 1.82) is 0 Å². The molecule has 0 atom stereocenters. The van der Waals surface area contributed by atoms with E-state index in [0.29, 0.717) is 13.2 Å². The molecule has 0 aromatic rings. The van der Waals surface area contributed by atoms with Crippen molar-refractivity contribution >= 4 is 8.17 Å². The van der Waals surface area contributed by atoms with Crippen LogP contribution in [0.2, 0.25) is 0 Å². The minimum atomic E-state index is -3.54. The fraction of sp³-hybridized carbons (Fsp3) is 1.00. The minimum absolute atomic E-state index is 0.305. The molecule has 0 bridgehead atoms. The molecule has 1 fully saturated rings. The van der Waals surface area contributed by atoms with Crippen LogP contribution in [-0.4, -0.2) is 23.0 Å². The zero-order valence-electron chi connectivity index (χ0n) is 3.63. The fourth-order valence-corrected chi connectivity index (χ4v) is 1.17. The van der Waals surface area contributed by atoms with Crippen LogP contribution >= 0.6 is 8.17 Å². The van der Waals surface area contributed by atoms with E-state index in [2.05, 4.69) is 9.05 Å². The summed E-state index contributed by atoms with van der Waals surface area (Å²) in [6.07, 6.45) is 0. The van der Waals surface area contributed by atoms with E-state index in [9.17, 15) is 0 Å². The van der Waals surface area contributed by atoms with Crippen LogP contribution in [-0.2, 0) is 9.05 Å². The molecule has 1 aliphatic heterocycles. The van der Waals surface area contributed by atoms with Crippen LogP contribution in [0.3, 0.4) is 0 Å². The second kappa shape index (κ2) is 1.65. The van der Waals surface area contributed by atoms with Gasteiger partial charge in [-0.05, 0) is 0 Å². The molecular weight excluding hydrogens is 119 g/mol. The standard InChI is InChI=1S/C2H7O4P/c3-7(4)5-1-2-6-7/h3-4,7H,1-2H2. The van der Waals surface area contributed by atoms with Gasteiger partial charge in [0.25, 0.3) is 0 Å². The molecule has 0 saturated carbocycles. The second-order valence-electron chi connectivity index (χ2n) is 1.25. The average Bonchev–Trinajstić information content (AvgIpc) is 1.84. The Morgan fingerprint density at radius 1 is 1.14 bits per heavy atom. The first kappa shape index (κ1) is 5.41. The molecule has 1 heterocycles. The van der Waals surface area contributed by atoms with Gasteiger partial charge in [0.1, 0.15) is 0 Å². The monoisotopic (exact) mass is 126 g/mol. The molecular formula is C2H7O4P. The SMILES string of the molecule is O[PH]1(O)OCCO1. The predicted octanol–water partition coefficient (Wildman–Crippen LogP) is -0.572. The molecule has 44 valence electrons. The molecule has 1 aliphatic rings. The molecule has 1 saturated heterocycles. The van der Waals surface area contributed by atoms with Gasteiger partial charge in [-0.1, -0.05) is 0 Å². The van der Waals surface area contributed by atoms with E-state index >= 15 is 0 Å². The van der Waals surface area contributed by atoms with Crippen LogP contribution in [0, 0.1) is 0 Å². The molecule has 0 unspecified atom stereocenters. The third kappa shape index (κ3) is 1.33. The molecule has 0 aromatic carbocycles. The van der Waals surface area contributed by atoms with Crippen molar-refractivity contribution in [3.63, 3.8) is 0 Å². The molecule has 0 amide bonds. The van der Waals surface area contributed by atoms with Crippen LogP contribution < -0.4 is 0 Å². The molecule has 5 heteroatoms. The van der Waals surface area contributed by atoms with Crippen molar-refractivity contribution in [2.75, 3.05) is 13.2 Å². The van der Waals surface area contributed by atoms with Crippen LogP contribution in [0.25, 0.3) is 0 Å². The maximum atomic E-state index is 8.44. The van der Waals surface area contributed by atoms with Gasteiger partial charge < -0.3 is 0 Å². The van der Waals surface area contributed by atoms with Gasteiger partial charge in [0, 0.05) is 0 Å². The summed E-state index contributed by atoms with van der Waals surface area (Å²) in [5, 5.41) is 0. The van der Waals surface area contributed by atoms with E-state index in [1.54, 1.807) is 0 Å². The van der Waals surface area contributed by atoms with Gasteiger partial charge in [-0.2, -0.15) is 0 Å². The maximum absolute atomic E-state index is 8.44. The van der Waals surface area contributed by atoms with Gasteiger partial charge in [0.05, 0.1) is 0 Å². The number of hydrogen-bond donors (Lipinski definition) is 2. The Hall–Kier alpha value is 0.270. The quantitative estimate of drug-likeness (QED) is 0.426. The van der Waals surface area contributed by atoms with Gasteiger partial charge in [-0.3, -0.25) is 0 Å². The van der Waals surface area contributed by atoms with Crippen molar-refractivity contribution in [3.8, 4) is 0 Å². The molecule has 0 spiro atoms. The van der Waals surface area contributed by atoms with Crippen molar-refractivity contribution in [2.24, 2.45) is 0 Å². The van der Waals surface area contributed by atoms with E-state index < -0.39 is 8.17 Å². The Kier molecular flexibility index (Phi) is 1.28. The van der Waals surface area contributed by atoms with Crippen LogP contribution in [0.5, 0.6) is 0 Å². The third-order valence-corrected chi connectivity index (χ3v) is 1.82. The van der Waals surface area contributed by atoms with Crippen molar-refractivity contribution in [3.05, 3.63) is 0 Å². The van der Waals surface area contributed by atoms with Crippen molar-refractivity contribution in [2.45, 2.75) is 0 Å². The predicted molar refractivity (Wildman–Crippen MR) is 24.7 cm³/mol. The zero-order valence-corrected chi connectivity index (χ0v) is 4.63. The summed E-state index contributed by atoms with van der Waals surface area (Å²) >= 11 is 0. The second-order valence-corrected chi connectivity index (χ2v) is 2.92.